The van der Waals surface area contributed by atoms with E-state index in [4.69, 9.17) is 19.7 Å². The molecule has 0 saturated carbocycles. The molecule has 0 saturated heterocycles. The highest BCUT2D eigenvalue weighted by Crippen LogP contribution is 2.51. The van der Waals surface area contributed by atoms with E-state index in [1.54, 1.807) is 12.1 Å². The maximum atomic E-state index is 13.7. The monoisotopic (exact) mass is 984 g/mol. The van der Waals surface area contributed by atoms with Gasteiger partial charge in [0, 0.05) is 71.3 Å². The van der Waals surface area contributed by atoms with Gasteiger partial charge in [0.25, 0.3) is 0 Å². The van der Waals surface area contributed by atoms with Crippen molar-refractivity contribution in [3.05, 3.63) is 116 Å². The predicted octanol–water partition coefficient (Wildman–Crippen LogP) is 14.8. The first-order valence-electron chi connectivity index (χ1n) is 25.5. The molecule has 0 aliphatic carbocycles. The molecule has 5 aromatic carbocycles. The van der Waals surface area contributed by atoms with E-state index < -0.39 is 22.0 Å². The Hall–Kier alpha value is -6.25. The van der Waals surface area contributed by atoms with Crippen LogP contribution in [0.4, 0.5) is 34.1 Å². The van der Waals surface area contributed by atoms with Gasteiger partial charge in [-0.25, -0.2) is 18.0 Å². The second-order valence-corrected chi connectivity index (χ2v) is 20.5. The molecule has 1 aliphatic heterocycles. The van der Waals surface area contributed by atoms with Crippen molar-refractivity contribution in [2.24, 2.45) is 32.3 Å². The number of carbonyl (C=O) groups is 2. The van der Waals surface area contributed by atoms with E-state index in [1.165, 1.54) is 67.4 Å². The molecular weight excluding hydrogens is 911 g/mol. The molecule has 0 aromatic heterocycles. The third-order valence-corrected chi connectivity index (χ3v) is 15.7. The van der Waals surface area contributed by atoms with E-state index in [2.05, 4.69) is 105 Å². The average Bonchev–Trinajstić information content (AvgIpc) is 3.39. The van der Waals surface area contributed by atoms with Crippen molar-refractivity contribution in [3.63, 3.8) is 0 Å². The SMILES string of the molecule is C=CC(=O)OCCN(CCOC(=O)C=C)S(=O)(=O)c1ccc(/N=N/c2ccc(/N=N/c3ccc4c5c(cccc35)N(CC(CC)CCCC)C(C)(CCC)N4CC(CC)CCCC)c3ccccc23)cc1. The molecule has 0 spiro atoms. The minimum absolute atomic E-state index is 0.0257. The van der Waals surface area contributed by atoms with Crippen molar-refractivity contribution >= 4 is 77.6 Å². The Balaban J connectivity index is 1.31. The largest absolute Gasteiger partial charge is 0.461 e. The topological polar surface area (TPSA) is 146 Å². The van der Waals surface area contributed by atoms with Crippen LogP contribution in [0, 0.1) is 11.8 Å². The number of ether oxygens (including phenoxy) is 2. The molecule has 378 valence electrons. The van der Waals surface area contributed by atoms with Crippen LogP contribution in [0.3, 0.4) is 0 Å². The first-order valence-corrected chi connectivity index (χ1v) is 27.0. The number of hydrogen-bond acceptors (Lipinski definition) is 12. The van der Waals surface area contributed by atoms with Crippen LogP contribution < -0.4 is 9.80 Å². The van der Waals surface area contributed by atoms with E-state index in [1.807, 2.05) is 36.4 Å². The van der Waals surface area contributed by atoms with Crippen LogP contribution in [0.5, 0.6) is 0 Å². The van der Waals surface area contributed by atoms with E-state index in [-0.39, 0.29) is 36.9 Å². The maximum Gasteiger partial charge on any atom is 0.330 e. The number of sulfonamides is 1. The molecule has 14 heteroatoms. The van der Waals surface area contributed by atoms with Crippen LogP contribution in [0.2, 0.25) is 0 Å². The van der Waals surface area contributed by atoms with Crippen LogP contribution >= 0.6 is 0 Å². The number of benzene rings is 5. The van der Waals surface area contributed by atoms with Gasteiger partial charge in [0.05, 0.1) is 27.6 Å². The Morgan fingerprint density at radius 3 is 1.61 bits per heavy atom. The summed E-state index contributed by atoms with van der Waals surface area (Å²) in [6, 6.07) is 28.8. The van der Waals surface area contributed by atoms with Crippen LogP contribution in [-0.4, -0.2) is 69.7 Å². The lowest BCUT2D eigenvalue weighted by atomic mass is 9.87. The Morgan fingerprint density at radius 2 is 1.11 bits per heavy atom. The van der Waals surface area contributed by atoms with Crippen molar-refractivity contribution in [2.75, 3.05) is 49.2 Å². The zero-order valence-electron chi connectivity index (χ0n) is 42.7. The zero-order valence-corrected chi connectivity index (χ0v) is 43.5. The lowest BCUT2D eigenvalue weighted by Crippen LogP contribution is -2.63. The first kappa shape index (κ1) is 54.1. The molecule has 13 nitrogen and oxygen atoms in total. The summed E-state index contributed by atoms with van der Waals surface area (Å²) in [6.45, 7) is 22.1. The van der Waals surface area contributed by atoms with Gasteiger partial charge in [-0.05, 0) is 92.6 Å². The highest BCUT2D eigenvalue weighted by atomic mass is 32.2. The smallest absolute Gasteiger partial charge is 0.330 e. The number of nitrogens with zero attached hydrogens (tertiary/aromatic N) is 7. The molecular formula is C57H73N7O6S. The minimum atomic E-state index is -4.09. The van der Waals surface area contributed by atoms with Crippen LogP contribution in [0.1, 0.15) is 106 Å². The molecule has 0 amide bonds. The number of unbranched alkanes of at least 4 members (excludes halogenated alkanes) is 2. The molecule has 0 N–H and O–H groups in total. The lowest BCUT2D eigenvalue weighted by Gasteiger charge is -2.56. The van der Waals surface area contributed by atoms with Crippen molar-refractivity contribution in [3.8, 4) is 0 Å². The van der Waals surface area contributed by atoms with Gasteiger partial charge < -0.3 is 19.3 Å². The molecule has 6 rings (SSSR count). The highest BCUT2D eigenvalue weighted by Gasteiger charge is 2.44. The van der Waals surface area contributed by atoms with Gasteiger partial charge >= 0.3 is 11.9 Å². The zero-order chi connectivity index (χ0) is 51.0. The molecule has 3 atom stereocenters. The Labute approximate surface area is 421 Å². The van der Waals surface area contributed by atoms with Gasteiger partial charge in [-0.15, -0.1) is 15.3 Å². The van der Waals surface area contributed by atoms with Crippen molar-refractivity contribution < 1.29 is 27.5 Å². The molecule has 0 fully saturated rings. The third-order valence-electron chi connectivity index (χ3n) is 13.8. The fourth-order valence-electron chi connectivity index (χ4n) is 9.70. The van der Waals surface area contributed by atoms with Gasteiger partial charge in [0.15, 0.2) is 0 Å². The van der Waals surface area contributed by atoms with E-state index in [9.17, 15) is 18.0 Å². The number of esters is 2. The maximum absolute atomic E-state index is 13.7. The summed E-state index contributed by atoms with van der Waals surface area (Å²) >= 11 is 0. The first-order chi connectivity index (χ1) is 34.4. The number of rotatable bonds is 28. The van der Waals surface area contributed by atoms with E-state index in [0.29, 0.717) is 28.9 Å². The van der Waals surface area contributed by atoms with Gasteiger partial charge in [-0.2, -0.15) is 9.42 Å². The Kier molecular flexibility index (Phi) is 19.6. The van der Waals surface area contributed by atoms with Gasteiger partial charge in [0.1, 0.15) is 18.9 Å². The predicted molar refractivity (Wildman–Crippen MR) is 288 cm³/mol. The standard InChI is InChI=1S/C57H73N7O6S/c1-9-16-21-42(12-4)40-63-52-26-20-25-48-51(33-34-53(56(48)52)64(57(63,8)35-11-3)41-43(13-5)22-17-10-2)61-60-50-32-31-49(46-23-18-19-24-47(46)50)59-58-44-27-29-45(30-28-44)71(67,68)62(36-38-69-54(65)14-6)37-39-70-55(66)15-7/h14-15,18-20,23-34,42-43H,6-7,9-13,16-17,21-22,35-41H2,1-5,8H3/b59-58+,61-60+. The average molecular weight is 984 g/mol. The summed E-state index contributed by atoms with van der Waals surface area (Å²) in [6.07, 6.45) is 13.8. The van der Waals surface area contributed by atoms with Gasteiger partial charge in [-0.1, -0.05) is 129 Å². The number of fused-ring (bicyclic) bond motifs is 1. The number of anilines is 2. The van der Waals surface area contributed by atoms with E-state index >= 15 is 0 Å². The molecule has 1 heterocycles. The minimum Gasteiger partial charge on any atom is -0.461 e. The summed E-state index contributed by atoms with van der Waals surface area (Å²) in [5.41, 5.74) is 4.92. The molecule has 0 radical (unpaired) electrons. The Morgan fingerprint density at radius 1 is 0.634 bits per heavy atom. The van der Waals surface area contributed by atoms with Crippen LogP contribution in [0.25, 0.3) is 21.5 Å². The summed E-state index contributed by atoms with van der Waals surface area (Å²) < 4.78 is 38.5. The summed E-state index contributed by atoms with van der Waals surface area (Å²) in [4.78, 5) is 28.7. The van der Waals surface area contributed by atoms with Crippen molar-refractivity contribution in [1.82, 2.24) is 4.31 Å². The van der Waals surface area contributed by atoms with Crippen molar-refractivity contribution in [2.45, 2.75) is 116 Å². The second-order valence-electron chi connectivity index (χ2n) is 18.5. The van der Waals surface area contributed by atoms with Crippen LogP contribution in [-0.2, 0) is 29.1 Å². The fourth-order valence-corrected chi connectivity index (χ4v) is 11.1. The third kappa shape index (κ3) is 13.0. The summed E-state index contributed by atoms with van der Waals surface area (Å²) in [7, 11) is -4.09. The molecule has 1 aliphatic rings. The second kappa shape index (κ2) is 25.7. The van der Waals surface area contributed by atoms with Crippen LogP contribution in [0.15, 0.2) is 142 Å². The quantitative estimate of drug-likeness (QED) is 0.0273. The molecule has 3 unspecified atom stereocenters. The number of carbonyl (C=O) groups excluding carboxylic acids is 2. The van der Waals surface area contributed by atoms with Crippen molar-refractivity contribution in [1.29, 1.82) is 0 Å². The highest BCUT2D eigenvalue weighted by molar-refractivity contribution is 7.89. The fraction of sp³-hybridized carbons (Fsp3) is 0.439. The summed E-state index contributed by atoms with van der Waals surface area (Å²) in [5.74, 6) is -0.185. The van der Waals surface area contributed by atoms with Gasteiger partial charge in [0.2, 0.25) is 10.0 Å². The number of hydrogen-bond donors (Lipinski definition) is 0. The molecule has 0 bridgehead atoms. The van der Waals surface area contributed by atoms with E-state index in [0.717, 1.165) is 77.1 Å². The number of azo groups is 2. The normalized spacial score (nSPS) is 15.8. The molecule has 5 aromatic rings. The lowest BCUT2D eigenvalue weighted by molar-refractivity contribution is -0.137. The van der Waals surface area contributed by atoms with Gasteiger partial charge in [-0.3, -0.25) is 0 Å². The Bertz CT molecular complexity index is 2740. The summed E-state index contributed by atoms with van der Waals surface area (Å²) in [5, 5.41) is 23.0. The molecule has 71 heavy (non-hydrogen) atoms.